The first-order chi connectivity index (χ1) is 28.7. The third-order valence-electron chi connectivity index (χ3n) is 8.96. The quantitative estimate of drug-likeness (QED) is 0.157. The van der Waals surface area contributed by atoms with Gasteiger partial charge in [0.15, 0.2) is 36.8 Å². The number of ether oxygens (including phenoxy) is 10. The molecule has 60 heavy (non-hydrogen) atoms. The molecule has 3 aromatic carbocycles. The second-order valence-corrected chi connectivity index (χ2v) is 14.7. The van der Waals surface area contributed by atoms with Gasteiger partial charge in [-0.25, -0.2) is 14.4 Å². The van der Waals surface area contributed by atoms with Crippen LogP contribution in [0.3, 0.4) is 0 Å². The minimum atomic E-state index is -1.56. The number of benzene rings is 3. The highest BCUT2D eigenvalue weighted by atomic mass is 32.2. The highest BCUT2D eigenvalue weighted by molar-refractivity contribution is 8.00. The van der Waals surface area contributed by atoms with Crippen molar-refractivity contribution >= 4 is 53.5 Å². The molecule has 2 saturated heterocycles. The molecule has 3 aromatic rings. The van der Waals surface area contributed by atoms with Gasteiger partial charge >= 0.3 is 41.8 Å². The Kier molecular flexibility index (Phi) is 16.2. The second-order valence-electron chi connectivity index (χ2n) is 13.4. The number of carbonyl (C=O) groups excluding carboxylic acids is 7. The van der Waals surface area contributed by atoms with Gasteiger partial charge in [0.1, 0.15) is 30.9 Å². The molecule has 0 saturated carbocycles. The zero-order valence-electron chi connectivity index (χ0n) is 33.2. The molecule has 2 aliphatic heterocycles. The van der Waals surface area contributed by atoms with E-state index in [4.69, 9.17) is 47.4 Å². The number of hydrogen-bond acceptors (Lipinski definition) is 18. The van der Waals surface area contributed by atoms with Gasteiger partial charge in [-0.05, 0) is 36.4 Å². The van der Waals surface area contributed by atoms with Crippen molar-refractivity contribution in [3.05, 3.63) is 108 Å². The normalized spacial score (nSPS) is 26.0. The summed E-state index contributed by atoms with van der Waals surface area (Å²) in [7, 11) is 1.27. The monoisotopic (exact) mass is 852 g/mol. The average Bonchev–Trinajstić information content (AvgIpc) is 3.23. The predicted molar refractivity (Wildman–Crippen MR) is 207 cm³/mol. The zero-order valence-corrected chi connectivity index (χ0v) is 34.0. The van der Waals surface area contributed by atoms with E-state index in [1.54, 1.807) is 54.6 Å². The van der Waals surface area contributed by atoms with E-state index in [0.717, 1.165) is 39.5 Å². The van der Waals surface area contributed by atoms with Crippen LogP contribution in [0.1, 0.15) is 58.8 Å². The highest BCUT2D eigenvalue weighted by Gasteiger charge is 2.57. The lowest BCUT2D eigenvalue weighted by atomic mass is 9.99. The predicted octanol–water partition coefficient (Wildman–Crippen LogP) is 3.85. The molecule has 0 amide bonds. The fourth-order valence-corrected chi connectivity index (χ4v) is 7.99. The lowest BCUT2D eigenvalue weighted by Gasteiger charge is -2.48. The Morgan fingerprint density at radius 3 is 1.42 bits per heavy atom. The number of carbonyl (C=O) groups is 7. The molecule has 0 radical (unpaired) electrons. The van der Waals surface area contributed by atoms with Gasteiger partial charge in [-0.15, -0.1) is 11.8 Å². The molecule has 5 rings (SSSR count). The van der Waals surface area contributed by atoms with Crippen LogP contribution in [-0.4, -0.2) is 122 Å². The molecule has 2 fully saturated rings. The van der Waals surface area contributed by atoms with Gasteiger partial charge in [0, 0.05) is 34.8 Å². The van der Waals surface area contributed by atoms with E-state index in [1.165, 1.54) is 43.5 Å². The maximum Gasteiger partial charge on any atom is 0.338 e. The number of thioether (sulfide) groups is 1. The van der Waals surface area contributed by atoms with Crippen molar-refractivity contribution in [3.63, 3.8) is 0 Å². The summed E-state index contributed by atoms with van der Waals surface area (Å²) >= 11 is 0.809. The molecule has 0 N–H and O–H groups in total. The molecule has 18 heteroatoms. The minimum Gasteiger partial charge on any atom is -0.463 e. The first kappa shape index (κ1) is 45.3. The van der Waals surface area contributed by atoms with Crippen LogP contribution >= 0.6 is 11.8 Å². The standard InChI is InChI=1S/C42H44O17S/c1-23(43)51-21-30-32(53-24(2)44)33(54-25(3)45)36(55-26(4)46)42(57-30)60-37-31(22-52-38(47)27-15-9-6-10-16-27)56-41(50-5)35(59-40(49)29-19-13-8-14-20-29)34(37)58-39(48)28-17-11-7-12-18-28/h6-20,30-37,41-42H,21-22H2,1-5H3/t30-,31-,32-,33+,34-,35-,36-,37-,41+,42+/m1/s1. The summed E-state index contributed by atoms with van der Waals surface area (Å²) in [5, 5.41) is -1.26. The Morgan fingerprint density at radius 2 is 0.933 bits per heavy atom. The van der Waals surface area contributed by atoms with Gasteiger partial charge in [-0.1, -0.05) is 54.6 Å². The van der Waals surface area contributed by atoms with Crippen LogP contribution in [0.25, 0.3) is 0 Å². The van der Waals surface area contributed by atoms with Gasteiger partial charge in [0.25, 0.3) is 0 Å². The molecule has 0 aromatic heterocycles. The fourth-order valence-electron chi connectivity index (χ4n) is 6.43. The van der Waals surface area contributed by atoms with Gasteiger partial charge in [0.2, 0.25) is 0 Å². The Labute approximate surface area is 349 Å². The molecular formula is C42H44O17S. The molecule has 2 heterocycles. The summed E-state index contributed by atoms with van der Waals surface area (Å²) in [5.41, 5.74) is -0.964. The van der Waals surface area contributed by atoms with Crippen LogP contribution in [0, 0.1) is 0 Å². The van der Waals surface area contributed by atoms with Crippen LogP contribution in [0.2, 0.25) is 0 Å². The molecule has 10 atom stereocenters. The van der Waals surface area contributed by atoms with Crippen LogP contribution in [0.5, 0.6) is 0 Å². The van der Waals surface area contributed by atoms with E-state index in [9.17, 15) is 33.6 Å². The van der Waals surface area contributed by atoms with E-state index in [2.05, 4.69) is 0 Å². The first-order valence-corrected chi connectivity index (χ1v) is 19.6. The number of methoxy groups -OCH3 is 1. The zero-order chi connectivity index (χ0) is 43.3. The Morgan fingerprint density at radius 1 is 0.483 bits per heavy atom. The van der Waals surface area contributed by atoms with Crippen molar-refractivity contribution in [2.45, 2.75) is 87.4 Å². The molecule has 17 nitrogen and oxygen atoms in total. The topological polar surface area (TPSA) is 212 Å². The van der Waals surface area contributed by atoms with Crippen LogP contribution in [-0.2, 0) is 66.5 Å². The molecule has 0 spiro atoms. The third kappa shape index (κ3) is 12.1. The van der Waals surface area contributed by atoms with E-state index in [-0.39, 0.29) is 16.7 Å². The lowest BCUT2D eigenvalue weighted by Crippen LogP contribution is -2.64. The highest BCUT2D eigenvalue weighted by Crippen LogP contribution is 2.42. The molecular weight excluding hydrogens is 809 g/mol. The van der Waals surface area contributed by atoms with Crippen molar-refractivity contribution in [2.24, 2.45) is 0 Å². The minimum absolute atomic E-state index is 0.120. The molecule has 320 valence electrons. The molecule has 2 aliphatic rings. The molecule has 0 unspecified atom stereocenters. The van der Waals surface area contributed by atoms with Crippen molar-refractivity contribution in [1.29, 1.82) is 0 Å². The van der Waals surface area contributed by atoms with Crippen molar-refractivity contribution in [3.8, 4) is 0 Å². The van der Waals surface area contributed by atoms with Crippen LogP contribution in [0.4, 0.5) is 0 Å². The molecule has 0 bridgehead atoms. The second kappa shape index (κ2) is 21.4. The van der Waals surface area contributed by atoms with E-state index < -0.39 is 115 Å². The number of rotatable bonds is 15. The van der Waals surface area contributed by atoms with E-state index in [0.29, 0.717) is 0 Å². The van der Waals surface area contributed by atoms with Crippen molar-refractivity contribution in [1.82, 2.24) is 0 Å². The average molecular weight is 853 g/mol. The number of esters is 7. The van der Waals surface area contributed by atoms with E-state index >= 15 is 0 Å². The van der Waals surface area contributed by atoms with Gasteiger partial charge in [0.05, 0.1) is 21.9 Å². The van der Waals surface area contributed by atoms with Crippen molar-refractivity contribution < 1.29 is 80.9 Å². The summed E-state index contributed by atoms with van der Waals surface area (Å²) in [6.45, 7) is 3.36. The van der Waals surface area contributed by atoms with E-state index in [1.807, 2.05) is 0 Å². The first-order valence-electron chi connectivity index (χ1n) is 18.6. The summed E-state index contributed by atoms with van der Waals surface area (Å²) in [4.78, 5) is 90.6. The smallest absolute Gasteiger partial charge is 0.338 e. The Bertz CT molecular complexity index is 1960. The Hall–Kier alpha value is -5.82. The van der Waals surface area contributed by atoms with Crippen LogP contribution < -0.4 is 0 Å². The maximum absolute atomic E-state index is 13.9. The van der Waals surface area contributed by atoms with Gasteiger partial charge < -0.3 is 47.4 Å². The van der Waals surface area contributed by atoms with Crippen LogP contribution in [0.15, 0.2) is 91.0 Å². The molecule has 0 aliphatic carbocycles. The fraction of sp³-hybridized carbons (Fsp3) is 0.405. The number of hydrogen-bond donors (Lipinski definition) is 0. The van der Waals surface area contributed by atoms with Crippen molar-refractivity contribution in [2.75, 3.05) is 20.3 Å². The van der Waals surface area contributed by atoms with Gasteiger partial charge in [-0.3, -0.25) is 19.2 Å². The third-order valence-corrected chi connectivity index (χ3v) is 10.5. The summed E-state index contributed by atoms with van der Waals surface area (Å²) < 4.78 is 58.5. The Balaban J connectivity index is 1.63. The summed E-state index contributed by atoms with van der Waals surface area (Å²) in [5.74, 6) is -5.70. The maximum atomic E-state index is 13.9. The SMILES string of the molecule is CO[C@H]1O[C@H](COC(=O)c2ccccc2)[C@@H](S[C@@H]2O[C@H](COC(C)=O)[C@@H](OC(C)=O)[C@H](OC(C)=O)[C@H]2OC(C)=O)[C@H](OC(=O)c2ccccc2)[C@H]1OC(=O)c1ccccc1. The lowest BCUT2D eigenvalue weighted by molar-refractivity contribution is -0.259. The largest absolute Gasteiger partial charge is 0.463 e. The van der Waals surface area contributed by atoms with Gasteiger partial charge in [-0.2, -0.15) is 0 Å². The summed E-state index contributed by atoms with van der Waals surface area (Å²) in [6, 6.07) is 23.9. The summed E-state index contributed by atoms with van der Waals surface area (Å²) in [6.07, 6.45) is -11.6.